The van der Waals surface area contributed by atoms with E-state index in [1.54, 1.807) is 17.8 Å². The average molecular weight is 246 g/mol. The van der Waals surface area contributed by atoms with Gasteiger partial charge in [-0.2, -0.15) is 5.26 Å². The standard InChI is InChI=1S/C10H9Cl2NS/c11-4-1-5-14-9-3-2-8(7-13)10(12)6-9/h2-3,6H,1,4-5H2. The summed E-state index contributed by atoms with van der Waals surface area (Å²) in [5.41, 5.74) is 0.522. The molecule has 4 heteroatoms. The van der Waals surface area contributed by atoms with Gasteiger partial charge in [-0.3, -0.25) is 0 Å². The highest BCUT2D eigenvalue weighted by atomic mass is 35.5. The van der Waals surface area contributed by atoms with Crippen LogP contribution in [0.15, 0.2) is 23.1 Å². The number of thioether (sulfide) groups is 1. The van der Waals surface area contributed by atoms with E-state index < -0.39 is 0 Å². The summed E-state index contributed by atoms with van der Waals surface area (Å²) >= 11 is 13.1. The predicted octanol–water partition coefficient (Wildman–Crippen LogP) is 3.93. The van der Waals surface area contributed by atoms with Crippen LogP contribution in [0.5, 0.6) is 0 Å². The molecular weight excluding hydrogens is 237 g/mol. The molecule has 0 bridgehead atoms. The lowest BCUT2D eigenvalue weighted by molar-refractivity contribution is 1.11. The fraction of sp³-hybridized carbons (Fsp3) is 0.300. The van der Waals surface area contributed by atoms with Gasteiger partial charge in [-0.05, 0) is 30.4 Å². The van der Waals surface area contributed by atoms with Gasteiger partial charge in [0.15, 0.2) is 0 Å². The number of rotatable bonds is 4. The number of hydrogen-bond donors (Lipinski definition) is 0. The van der Waals surface area contributed by atoms with Gasteiger partial charge in [-0.25, -0.2) is 0 Å². The summed E-state index contributed by atoms with van der Waals surface area (Å²) in [6, 6.07) is 7.49. The van der Waals surface area contributed by atoms with Crippen molar-refractivity contribution in [3.05, 3.63) is 28.8 Å². The number of nitriles is 1. The van der Waals surface area contributed by atoms with Crippen molar-refractivity contribution in [2.45, 2.75) is 11.3 Å². The van der Waals surface area contributed by atoms with Crippen LogP contribution in [0.3, 0.4) is 0 Å². The topological polar surface area (TPSA) is 23.8 Å². The SMILES string of the molecule is N#Cc1ccc(SCCCCl)cc1Cl. The van der Waals surface area contributed by atoms with Gasteiger partial charge >= 0.3 is 0 Å². The third-order valence-corrected chi connectivity index (χ3v) is 3.27. The van der Waals surface area contributed by atoms with E-state index >= 15 is 0 Å². The molecule has 0 amide bonds. The van der Waals surface area contributed by atoms with Crippen LogP contribution >= 0.6 is 35.0 Å². The Morgan fingerprint density at radius 2 is 2.21 bits per heavy atom. The molecule has 1 aromatic carbocycles. The molecule has 0 N–H and O–H groups in total. The maximum atomic E-state index is 8.66. The normalized spacial score (nSPS) is 9.79. The third kappa shape index (κ3) is 3.42. The minimum atomic E-state index is 0.517. The quantitative estimate of drug-likeness (QED) is 0.456. The summed E-state index contributed by atoms with van der Waals surface area (Å²) in [6.07, 6.45) is 0.976. The fourth-order valence-electron chi connectivity index (χ4n) is 0.921. The number of nitrogens with zero attached hydrogens (tertiary/aromatic N) is 1. The molecule has 1 nitrogen and oxygen atoms in total. The largest absolute Gasteiger partial charge is 0.192 e. The first kappa shape index (κ1) is 11.7. The van der Waals surface area contributed by atoms with E-state index in [4.69, 9.17) is 28.5 Å². The molecule has 0 radical (unpaired) electrons. The molecule has 0 heterocycles. The molecule has 0 unspecified atom stereocenters. The molecular formula is C10H9Cl2NS. The molecule has 14 heavy (non-hydrogen) atoms. The first-order valence-corrected chi connectivity index (χ1v) is 6.06. The number of hydrogen-bond acceptors (Lipinski definition) is 2. The van der Waals surface area contributed by atoms with Crippen molar-refractivity contribution >= 4 is 35.0 Å². The van der Waals surface area contributed by atoms with E-state index in [-0.39, 0.29) is 0 Å². The van der Waals surface area contributed by atoms with Crippen molar-refractivity contribution in [3.8, 4) is 6.07 Å². The maximum Gasteiger partial charge on any atom is 0.101 e. The van der Waals surface area contributed by atoms with Gasteiger partial charge in [-0.1, -0.05) is 11.6 Å². The zero-order valence-electron chi connectivity index (χ0n) is 7.46. The Morgan fingerprint density at radius 3 is 2.79 bits per heavy atom. The predicted molar refractivity (Wildman–Crippen MR) is 62.2 cm³/mol. The van der Waals surface area contributed by atoms with Crippen LogP contribution in [0.2, 0.25) is 5.02 Å². The zero-order valence-corrected chi connectivity index (χ0v) is 9.79. The zero-order chi connectivity index (χ0) is 10.4. The van der Waals surface area contributed by atoms with E-state index in [1.807, 2.05) is 18.2 Å². The van der Waals surface area contributed by atoms with E-state index in [0.717, 1.165) is 17.1 Å². The highest BCUT2D eigenvalue weighted by molar-refractivity contribution is 7.99. The van der Waals surface area contributed by atoms with E-state index in [1.165, 1.54) is 0 Å². The van der Waals surface area contributed by atoms with Gasteiger partial charge in [0, 0.05) is 10.8 Å². The summed E-state index contributed by atoms with van der Waals surface area (Å²) in [6.45, 7) is 0. The highest BCUT2D eigenvalue weighted by Crippen LogP contribution is 2.24. The van der Waals surface area contributed by atoms with Crippen LogP contribution < -0.4 is 0 Å². The van der Waals surface area contributed by atoms with Crippen molar-refractivity contribution in [1.29, 1.82) is 5.26 Å². The molecule has 0 aliphatic heterocycles. The number of alkyl halides is 1. The molecule has 74 valence electrons. The van der Waals surface area contributed by atoms with Crippen LogP contribution in [0.4, 0.5) is 0 Å². The van der Waals surface area contributed by atoms with Gasteiger partial charge in [0.1, 0.15) is 6.07 Å². The Labute approximate surface area is 98.0 Å². The molecule has 0 fully saturated rings. The third-order valence-electron chi connectivity index (χ3n) is 1.61. The highest BCUT2D eigenvalue weighted by Gasteiger charge is 2.00. The molecule has 0 aliphatic rings. The van der Waals surface area contributed by atoms with Crippen LogP contribution in [-0.4, -0.2) is 11.6 Å². The van der Waals surface area contributed by atoms with E-state index in [0.29, 0.717) is 16.5 Å². The van der Waals surface area contributed by atoms with Crippen molar-refractivity contribution in [2.24, 2.45) is 0 Å². The summed E-state index contributed by atoms with van der Waals surface area (Å²) in [7, 11) is 0. The Balaban J connectivity index is 2.63. The van der Waals surface area contributed by atoms with E-state index in [2.05, 4.69) is 0 Å². The first-order chi connectivity index (χ1) is 6.77. The van der Waals surface area contributed by atoms with Crippen LogP contribution in [-0.2, 0) is 0 Å². The molecule has 0 saturated carbocycles. The van der Waals surface area contributed by atoms with E-state index in [9.17, 15) is 0 Å². The maximum absolute atomic E-state index is 8.66. The van der Waals surface area contributed by atoms with Gasteiger partial charge in [0.05, 0.1) is 10.6 Å². The lowest BCUT2D eigenvalue weighted by Crippen LogP contribution is -1.82. The van der Waals surface area contributed by atoms with Crippen molar-refractivity contribution in [1.82, 2.24) is 0 Å². The molecule has 0 aromatic heterocycles. The molecule has 0 spiro atoms. The van der Waals surface area contributed by atoms with Crippen molar-refractivity contribution in [3.63, 3.8) is 0 Å². The fourth-order valence-corrected chi connectivity index (χ4v) is 2.39. The average Bonchev–Trinajstić information content (AvgIpc) is 2.18. The Bertz CT molecular complexity index is 346. The number of halogens is 2. The second-order valence-corrected chi connectivity index (χ2v) is 4.60. The smallest absolute Gasteiger partial charge is 0.101 e. The lowest BCUT2D eigenvalue weighted by atomic mass is 10.2. The summed E-state index contributed by atoms with van der Waals surface area (Å²) in [5.74, 6) is 1.66. The van der Waals surface area contributed by atoms with Crippen molar-refractivity contribution < 1.29 is 0 Å². The van der Waals surface area contributed by atoms with Crippen LogP contribution in [0, 0.1) is 11.3 Å². The molecule has 0 atom stereocenters. The van der Waals surface area contributed by atoms with Crippen LogP contribution in [0.1, 0.15) is 12.0 Å². The number of benzene rings is 1. The monoisotopic (exact) mass is 245 g/mol. The minimum absolute atomic E-state index is 0.517. The molecule has 1 rings (SSSR count). The summed E-state index contributed by atoms with van der Waals surface area (Å²) < 4.78 is 0. The Kier molecular flexibility index (Phi) is 5.17. The molecule has 0 aliphatic carbocycles. The summed E-state index contributed by atoms with van der Waals surface area (Å²) in [4.78, 5) is 1.08. The van der Waals surface area contributed by atoms with Gasteiger partial charge in [0.2, 0.25) is 0 Å². The second-order valence-electron chi connectivity index (χ2n) is 2.64. The van der Waals surface area contributed by atoms with Gasteiger partial charge in [-0.15, -0.1) is 23.4 Å². The minimum Gasteiger partial charge on any atom is -0.192 e. The second kappa shape index (κ2) is 6.19. The van der Waals surface area contributed by atoms with Crippen LogP contribution in [0.25, 0.3) is 0 Å². The first-order valence-electron chi connectivity index (χ1n) is 4.16. The van der Waals surface area contributed by atoms with Gasteiger partial charge < -0.3 is 0 Å². The molecule has 1 aromatic rings. The molecule has 0 saturated heterocycles. The lowest BCUT2D eigenvalue weighted by Gasteiger charge is -2.01. The Morgan fingerprint density at radius 1 is 1.43 bits per heavy atom. The van der Waals surface area contributed by atoms with Crippen molar-refractivity contribution in [2.75, 3.05) is 11.6 Å². The summed E-state index contributed by atoms with van der Waals surface area (Å²) in [5, 5.41) is 9.18. The Hall–Kier alpha value is -0.360. The van der Waals surface area contributed by atoms with Gasteiger partial charge in [0.25, 0.3) is 0 Å².